The van der Waals surface area contributed by atoms with Gasteiger partial charge in [0, 0.05) is 0 Å². The average molecular weight is 205 g/mol. The largest absolute Gasteiger partial charge is 0.241 e. The lowest BCUT2D eigenvalue weighted by molar-refractivity contribution is 0.868. The lowest BCUT2D eigenvalue weighted by atomic mass is 10.0. The summed E-state index contributed by atoms with van der Waals surface area (Å²) in [7, 11) is 0. The van der Waals surface area contributed by atoms with Gasteiger partial charge in [0.2, 0.25) is 0 Å². The van der Waals surface area contributed by atoms with E-state index in [4.69, 9.17) is 0 Å². The van der Waals surface area contributed by atoms with Gasteiger partial charge in [0.25, 0.3) is 0 Å². The van der Waals surface area contributed by atoms with Crippen molar-refractivity contribution >= 4 is 21.6 Å². The zero-order valence-corrected chi connectivity index (χ0v) is 9.69. The van der Waals surface area contributed by atoms with Gasteiger partial charge in [-0.05, 0) is 30.0 Å². The zero-order chi connectivity index (χ0) is 10.1. The van der Waals surface area contributed by atoms with Gasteiger partial charge in [0.15, 0.2) is 0 Å². The Labute approximate surface area is 88.8 Å². The van der Waals surface area contributed by atoms with Crippen LogP contribution < -0.4 is 0 Å². The smallest absolute Gasteiger partial charge is 0.0935 e. The van der Waals surface area contributed by atoms with E-state index in [1.54, 1.807) is 11.3 Å². The topological polar surface area (TPSA) is 12.9 Å². The summed E-state index contributed by atoms with van der Waals surface area (Å²) in [5.41, 5.74) is 2.54. The van der Waals surface area contributed by atoms with Crippen molar-refractivity contribution in [2.45, 2.75) is 33.1 Å². The SMILES string of the molecule is CCc1nc2cc(C(C)C)ccc2s1. The molecule has 0 amide bonds. The van der Waals surface area contributed by atoms with Crippen molar-refractivity contribution in [3.05, 3.63) is 28.8 Å². The number of rotatable bonds is 2. The molecule has 0 saturated carbocycles. The van der Waals surface area contributed by atoms with Gasteiger partial charge in [0.05, 0.1) is 15.2 Å². The zero-order valence-electron chi connectivity index (χ0n) is 8.87. The maximum Gasteiger partial charge on any atom is 0.0935 e. The predicted molar refractivity (Wildman–Crippen MR) is 63.1 cm³/mol. The van der Waals surface area contributed by atoms with E-state index in [2.05, 4.69) is 44.0 Å². The Morgan fingerprint density at radius 3 is 2.79 bits per heavy atom. The first-order chi connectivity index (χ1) is 6.70. The van der Waals surface area contributed by atoms with Crippen LogP contribution in [0, 0.1) is 0 Å². The Morgan fingerprint density at radius 1 is 1.36 bits per heavy atom. The molecule has 2 rings (SSSR count). The molecule has 0 aliphatic rings. The highest BCUT2D eigenvalue weighted by Crippen LogP contribution is 2.25. The standard InChI is InChI=1S/C12H15NS/c1-4-12-13-10-7-9(8(2)3)5-6-11(10)14-12/h5-8H,4H2,1-3H3. The number of hydrogen-bond donors (Lipinski definition) is 0. The van der Waals surface area contributed by atoms with Crippen LogP contribution >= 0.6 is 11.3 Å². The third-order valence-corrected chi connectivity index (χ3v) is 3.61. The Morgan fingerprint density at radius 2 is 2.14 bits per heavy atom. The summed E-state index contributed by atoms with van der Waals surface area (Å²) < 4.78 is 1.31. The highest BCUT2D eigenvalue weighted by Gasteiger charge is 2.04. The molecule has 14 heavy (non-hydrogen) atoms. The molecule has 1 aromatic carbocycles. The fraction of sp³-hybridized carbons (Fsp3) is 0.417. The van der Waals surface area contributed by atoms with Crippen LogP contribution in [0.25, 0.3) is 10.2 Å². The molecule has 0 fully saturated rings. The maximum absolute atomic E-state index is 4.59. The molecule has 0 radical (unpaired) electrons. The van der Waals surface area contributed by atoms with Gasteiger partial charge in [-0.3, -0.25) is 0 Å². The number of benzene rings is 1. The quantitative estimate of drug-likeness (QED) is 0.722. The molecule has 0 N–H and O–H groups in total. The van der Waals surface area contributed by atoms with Crippen molar-refractivity contribution in [1.29, 1.82) is 0 Å². The minimum absolute atomic E-state index is 0.589. The Kier molecular flexibility index (Phi) is 2.55. The minimum Gasteiger partial charge on any atom is -0.241 e. The summed E-state index contributed by atoms with van der Waals surface area (Å²) in [5.74, 6) is 0.589. The second-order valence-electron chi connectivity index (χ2n) is 3.84. The third kappa shape index (κ3) is 1.67. The molecule has 2 aromatic rings. The highest BCUT2D eigenvalue weighted by atomic mass is 32.1. The summed E-state index contributed by atoms with van der Waals surface area (Å²) in [6, 6.07) is 6.63. The Bertz CT molecular complexity index is 443. The second kappa shape index (κ2) is 3.70. The van der Waals surface area contributed by atoms with Gasteiger partial charge in [-0.25, -0.2) is 4.98 Å². The maximum atomic E-state index is 4.59. The average Bonchev–Trinajstić information content (AvgIpc) is 2.58. The normalized spacial score (nSPS) is 11.4. The fourth-order valence-corrected chi connectivity index (χ4v) is 2.39. The molecule has 2 heteroatoms. The molecule has 0 spiro atoms. The van der Waals surface area contributed by atoms with E-state index in [0.29, 0.717) is 5.92 Å². The van der Waals surface area contributed by atoms with Crippen LogP contribution in [0.15, 0.2) is 18.2 Å². The first kappa shape index (κ1) is 9.66. The minimum atomic E-state index is 0.589. The lowest BCUT2D eigenvalue weighted by Crippen LogP contribution is -1.85. The van der Waals surface area contributed by atoms with Crippen molar-refractivity contribution in [3.63, 3.8) is 0 Å². The summed E-state index contributed by atoms with van der Waals surface area (Å²) >= 11 is 1.81. The number of aromatic nitrogens is 1. The van der Waals surface area contributed by atoms with E-state index in [1.807, 2.05) is 0 Å². The van der Waals surface area contributed by atoms with E-state index in [-0.39, 0.29) is 0 Å². The number of aryl methyl sites for hydroxylation is 1. The van der Waals surface area contributed by atoms with Crippen LogP contribution in [0.1, 0.15) is 37.3 Å². The summed E-state index contributed by atoms with van der Waals surface area (Å²) in [4.78, 5) is 4.59. The van der Waals surface area contributed by atoms with E-state index >= 15 is 0 Å². The van der Waals surface area contributed by atoms with E-state index in [0.717, 1.165) is 11.9 Å². The van der Waals surface area contributed by atoms with Gasteiger partial charge in [0.1, 0.15) is 0 Å². The highest BCUT2D eigenvalue weighted by molar-refractivity contribution is 7.18. The molecular weight excluding hydrogens is 190 g/mol. The van der Waals surface area contributed by atoms with Gasteiger partial charge < -0.3 is 0 Å². The van der Waals surface area contributed by atoms with Crippen molar-refractivity contribution in [1.82, 2.24) is 4.98 Å². The molecule has 0 atom stereocenters. The Hall–Kier alpha value is -0.890. The van der Waals surface area contributed by atoms with Gasteiger partial charge in [-0.2, -0.15) is 0 Å². The van der Waals surface area contributed by atoms with Crippen LogP contribution in [-0.2, 0) is 6.42 Å². The van der Waals surface area contributed by atoms with E-state index < -0.39 is 0 Å². The number of thiazole rings is 1. The van der Waals surface area contributed by atoms with Crippen LogP contribution in [0.5, 0.6) is 0 Å². The molecular formula is C12H15NS. The van der Waals surface area contributed by atoms with Crippen molar-refractivity contribution in [3.8, 4) is 0 Å². The third-order valence-electron chi connectivity index (χ3n) is 2.43. The van der Waals surface area contributed by atoms with Crippen LogP contribution in [-0.4, -0.2) is 4.98 Å². The van der Waals surface area contributed by atoms with E-state index in [1.165, 1.54) is 15.3 Å². The first-order valence-corrected chi connectivity index (χ1v) is 5.91. The van der Waals surface area contributed by atoms with E-state index in [9.17, 15) is 0 Å². The van der Waals surface area contributed by atoms with Crippen LogP contribution in [0.3, 0.4) is 0 Å². The Balaban J connectivity index is 2.54. The number of fused-ring (bicyclic) bond motifs is 1. The van der Waals surface area contributed by atoms with Crippen molar-refractivity contribution in [2.75, 3.05) is 0 Å². The molecule has 0 bridgehead atoms. The second-order valence-corrected chi connectivity index (χ2v) is 4.96. The summed E-state index contributed by atoms with van der Waals surface area (Å²) in [5, 5.41) is 1.24. The predicted octanol–water partition coefficient (Wildman–Crippen LogP) is 3.98. The molecule has 0 unspecified atom stereocenters. The van der Waals surface area contributed by atoms with Gasteiger partial charge >= 0.3 is 0 Å². The summed E-state index contributed by atoms with van der Waals surface area (Å²) in [6.07, 6.45) is 1.04. The molecule has 0 aliphatic heterocycles. The molecule has 74 valence electrons. The number of nitrogens with zero attached hydrogens (tertiary/aromatic N) is 1. The molecule has 1 heterocycles. The summed E-state index contributed by atoms with van der Waals surface area (Å²) in [6.45, 7) is 6.59. The molecule has 0 aliphatic carbocycles. The molecule has 0 saturated heterocycles. The molecule has 1 nitrogen and oxygen atoms in total. The monoisotopic (exact) mass is 205 g/mol. The van der Waals surface area contributed by atoms with Crippen molar-refractivity contribution in [2.24, 2.45) is 0 Å². The lowest BCUT2D eigenvalue weighted by Gasteiger charge is -2.03. The fourth-order valence-electron chi connectivity index (χ4n) is 1.50. The van der Waals surface area contributed by atoms with Crippen LogP contribution in [0.4, 0.5) is 0 Å². The van der Waals surface area contributed by atoms with Gasteiger partial charge in [-0.1, -0.05) is 26.8 Å². The van der Waals surface area contributed by atoms with Crippen LogP contribution in [0.2, 0.25) is 0 Å². The molecule has 1 aromatic heterocycles. The number of hydrogen-bond acceptors (Lipinski definition) is 2. The van der Waals surface area contributed by atoms with Crippen molar-refractivity contribution < 1.29 is 0 Å². The first-order valence-electron chi connectivity index (χ1n) is 5.10. The van der Waals surface area contributed by atoms with Gasteiger partial charge in [-0.15, -0.1) is 11.3 Å².